The lowest BCUT2D eigenvalue weighted by molar-refractivity contribution is 1.61. The van der Waals surface area contributed by atoms with Crippen LogP contribution in [0, 0.1) is 6.92 Å². The maximum Gasteiger partial charge on any atom is 0.0438 e. The van der Waals surface area contributed by atoms with Gasteiger partial charge in [-0.05, 0) is 18.6 Å². The molecule has 0 fully saturated rings. The quantitative estimate of drug-likeness (QED) is 0.521. The van der Waals surface area contributed by atoms with Crippen molar-refractivity contribution in [2.24, 2.45) is 0 Å². The average Bonchev–Trinajstić information content (AvgIpc) is 1.77. The van der Waals surface area contributed by atoms with Crippen molar-refractivity contribution >= 4 is 11.6 Å². The molecule has 1 aromatic rings. The Morgan fingerprint density at radius 1 is 1.22 bits per heavy atom. The zero-order valence-electron chi connectivity index (χ0n) is 4.39. The smallest absolute Gasteiger partial charge is 0.0438 e. The van der Waals surface area contributed by atoms with Crippen LogP contribution in [0.5, 0.6) is 0 Å². The van der Waals surface area contributed by atoms with E-state index in [2.05, 4.69) is 6.92 Å². The molecule has 0 bridgehead atoms. The average molecular weight is 142 g/mol. The molecule has 0 heterocycles. The van der Waals surface area contributed by atoms with E-state index in [-0.39, 0.29) is 7.43 Å². The first-order chi connectivity index (χ1) is 3.80. The summed E-state index contributed by atoms with van der Waals surface area (Å²) in [5.41, 5.74) is 0.883. The standard InChI is InChI=1S/C7H6Cl.CH4/c1-6-4-2-3-5-7(6)8;/h2-5H,1H2;1H4. The van der Waals surface area contributed by atoms with Crippen molar-refractivity contribution < 1.29 is 0 Å². The maximum atomic E-state index is 5.65. The lowest BCUT2D eigenvalue weighted by Gasteiger charge is -1.90. The molecule has 1 heteroatoms. The summed E-state index contributed by atoms with van der Waals surface area (Å²) >= 11 is 5.65. The Balaban J connectivity index is 0.000000640. The zero-order valence-corrected chi connectivity index (χ0v) is 5.15. The van der Waals surface area contributed by atoms with Gasteiger partial charge in [0.2, 0.25) is 0 Å². The molecule has 0 spiro atoms. The fourth-order valence-corrected chi connectivity index (χ4v) is 0.634. The number of rotatable bonds is 0. The number of benzene rings is 1. The first-order valence-electron chi connectivity index (χ1n) is 2.37. The van der Waals surface area contributed by atoms with Crippen LogP contribution in [-0.2, 0) is 0 Å². The third-order valence-corrected chi connectivity index (χ3v) is 1.33. The Kier molecular flexibility index (Phi) is 3.33. The second kappa shape index (κ2) is 3.52. The minimum absolute atomic E-state index is 0. The van der Waals surface area contributed by atoms with E-state index in [0.29, 0.717) is 0 Å². The van der Waals surface area contributed by atoms with Crippen molar-refractivity contribution in [3.8, 4) is 0 Å². The van der Waals surface area contributed by atoms with Crippen molar-refractivity contribution in [2.75, 3.05) is 0 Å². The third-order valence-electron chi connectivity index (χ3n) is 0.958. The fourth-order valence-electron chi connectivity index (χ4n) is 0.498. The van der Waals surface area contributed by atoms with Gasteiger partial charge in [0.15, 0.2) is 0 Å². The van der Waals surface area contributed by atoms with Gasteiger partial charge in [0, 0.05) is 5.02 Å². The van der Waals surface area contributed by atoms with Crippen molar-refractivity contribution in [3.63, 3.8) is 0 Å². The lowest BCUT2D eigenvalue weighted by Crippen LogP contribution is -1.68. The largest absolute Gasteiger partial charge is 0.0840 e. The summed E-state index contributed by atoms with van der Waals surface area (Å²) in [6, 6.07) is 7.50. The summed E-state index contributed by atoms with van der Waals surface area (Å²) in [6.07, 6.45) is 0. The van der Waals surface area contributed by atoms with Crippen molar-refractivity contribution in [3.05, 3.63) is 41.8 Å². The Bertz CT molecular complexity index is 161. The van der Waals surface area contributed by atoms with Gasteiger partial charge in [-0.2, -0.15) is 0 Å². The summed E-state index contributed by atoms with van der Waals surface area (Å²) in [6.45, 7) is 3.69. The van der Waals surface area contributed by atoms with Gasteiger partial charge in [0.05, 0.1) is 0 Å². The van der Waals surface area contributed by atoms with Crippen LogP contribution in [-0.4, -0.2) is 0 Å². The second-order valence-corrected chi connectivity index (χ2v) is 2.00. The lowest BCUT2D eigenvalue weighted by atomic mass is 10.2. The van der Waals surface area contributed by atoms with Gasteiger partial charge >= 0.3 is 0 Å². The molecule has 49 valence electrons. The van der Waals surface area contributed by atoms with Crippen LogP contribution in [0.15, 0.2) is 24.3 Å². The Hall–Kier alpha value is -0.490. The van der Waals surface area contributed by atoms with Gasteiger partial charge < -0.3 is 0 Å². The zero-order chi connectivity index (χ0) is 5.98. The highest BCUT2D eigenvalue weighted by Crippen LogP contribution is 2.11. The van der Waals surface area contributed by atoms with E-state index >= 15 is 0 Å². The molecule has 0 aromatic heterocycles. The van der Waals surface area contributed by atoms with Crippen LogP contribution in [0.3, 0.4) is 0 Å². The summed E-state index contributed by atoms with van der Waals surface area (Å²) in [5, 5.41) is 0.729. The van der Waals surface area contributed by atoms with E-state index in [1.807, 2.05) is 24.3 Å². The van der Waals surface area contributed by atoms with Crippen LogP contribution >= 0.6 is 11.6 Å². The van der Waals surface area contributed by atoms with E-state index in [1.165, 1.54) is 0 Å². The summed E-state index contributed by atoms with van der Waals surface area (Å²) in [7, 11) is 0. The van der Waals surface area contributed by atoms with Crippen molar-refractivity contribution in [1.82, 2.24) is 0 Å². The first kappa shape index (κ1) is 8.51. The molecular weight excluding hydrogens is 132 g/mol. The fraction of sp³-hybridized carbons (Fsp3) is 0.125. The van der Waals surface area contributed by atoms with Crippen molar-refractivity contribution in [2.45, 2.75) is 7.43 Å². The van der Waals surface area contributed by atoms with Gasteiger partial charge in [-0.1, -0.05) is 37.2 Å². The van der Waals surface area contributed by atoms with E-state index in [4.69, 9.17) is 11.6 Å². The molecule has 0 atom stereocenters. The maximum absolute atomic E-state index is 5.65. The van der Waals surface area contributed by atoms with Gasteiger partial charge in [-0.15, -0.1) is 0 Å². The van der Waals surface area contributed by atoms with Crippen LogP contribution in [0.25, 0.3) is 0 Å². The monoisotopic (exact) mass is 141 g/mol. The summed E-state index contributed by atoms with van der Waals surface area (Å²) in [4.78, 5) is 0. The van der Waals surface area contributed by atoms with E-state index in [0.717, 1.165) is 10.6 Å². The molecule has 1 rings (SSSR count). The highest BCUT2D eigenvalue weighted by Gasteiger charge is 1.86. The summed E-state index contributed by atoms with van der Waals surface area (Å²) in [5.74, 6) is 0. The predicted molar refractivity (Wildman–Crippen MR) is 42.6 cm³/mol. The molecule has 0 saturated carbocycles. The molecule has 0 amide bonds. The van der Waals surface area contributed by atoms with Crippen LogP contribution in [0.2, 0.25) is 5.02 Å². The van der Waals surface area contributed by atoms with Crippen LogP contribution < -0.4 is 0 Å². The second-order valence-electron chi connectivity index (χ2n) is 1.59. The molecule has 0 unspecified atom stereocenters. The molecule has 0 nitrogen and oxygen atoms in total. The number of halogens is 1. The van der Waals surface area contributed by atoms with Gasteiger partial charge in [0.1, 0.15) is 0 Å². The minimum atomic E-state index is 0. The molecule has 0 saturated heterocycles. The number of hydrogen-bond donors (Lipinski definition) is 0. The molecule has 1 radical (unpaired) electrons. The molecule has 0 aliphatic carbocycles. The molecule has 0 N–H and O–H groups in total. The van der Waals surface area contributed by atoms with Crippen molar-refractivity contribution in [1.29, 1.82) is 0 Å². The minimum Gasteiger partial charge on any atom is -0.0840 e. The van der Waals surface area contributed by atoms with Gasteiger partial charge in [-0.3, -0.25) is 0 Å². The SMILES string of the molecule is C.[CH2]c1ccccc1Cl. The molecule has 1 aromatic carbocycles. The highest BCUT2D eigenvalue weighted by atomic mass is 35.5. The topological polar surface area (TPSA) is 0 Å². The molecule has 0 aliphatic heterocycles. The molecular formula is C8H10Cl. The van der Waals surface area contributed by atoms with E-state index < -0.39 is 0 Å². The Morgan fingerprint density at radius 2 is 1.78 bits per heavy atom. The summed E-state index contributed by atoms with van der Waals surface area (Å²) < 4.78 is 0. The first-order valence-corrected chi connectivity index (χ1v) is 2.75. The number of hydrogen-bond acceptors (Lipinski definition) is 0. The highest BCUT2D eigenvalue weighted by molar-refractivity contribution is 6.31. The molecule has 9 heavy (non-hydrogen) atoms. The van der Waals surface area contributed by atoms with Gasteiger partial charge in [0.25, 0.3) is 0 Å². The predicted octanol–water partition coefficient (Wildman–Crippen LogP) is 3.16. The third kappa shape index (κ3) is 2.06. The van der Waals surface area contributed by atoms with E-state index in [1.54, 1.807) is 0 Å². The Morgan fingerprint density at radius 3 is 2.11 bits per heavy atom. The normalized spacial score (nSPS) is 8.22. The molecule has 0 aliphatic rings. The van der Waals surface area contributed by atoms with Crippen LogP contribution in [0.1, 0.15) is 13.0 Å². The van der Waals surface area contributed by atoms with Crippen LogP contribution in [0.4, 0.5) is 0 Å². The van der Waals surface area contributed by atoms with Gasteiger partial charge in [-0.25, -0.2) is 0 Å². The van der Waals surface area contributed by atoms with E-state index in [9.17, 15) is 0 Å². The Labute approximate surface area is 61.5 Å².